The smallest absolute Gasteiger partial charge is 0.252 e. The van der Waals surface area contributed by atoms with Gasteiger partial charge in [-0.15, -0.1) is 0 Å². The number of fused-ring (bicyclic) bond motifs is 1. The van der Waals surface area contributed by atoms with E-state index >= 15 is 0 Å². The van der Waals surface area contributed by atoms with Gasteiger partial charge in [0.15, 0.2) is 0 Å². The highest BCUT2D eigenvalue weighted by atomic mass is 16.1. The predicted molar refractivity (Wildman–Crippen MR) is 47.2 cm³/mol. The lowest BCUT2D eigenvalue weighted by molar-refractivity contribution is 0.0998. The highest BCUT2D eigenvalue weighted by Gasteiger charge is 2.20. The molecule has 5 nitrogen and oxygen atoms in total. The third-order valence-electron chi connectivity index (χ3n) is 2.27. The van der Waals surface area contributed by atoms with Crippen molar-refractivity contribution in [2.75, 3.05) is 6.54 Å². The van der Waals surface area contributed by atoms with E-state index in [1.807, 2.05) is 11.6 Å². The van der Waals surface area contributed by atoms with Gasteiger partial charge in [-0.3, -0.25) is 9.48 Å². The Balaban J connectivity index is 2.54. The molecule has 1 aromatic heterocycles. The molecule has 0 unspecified atom stereocenters. The zero-order valence-corrected chi connectivity index (χ0v) is 7.50. The number of primary amides is 1. The molecule has 0 radical (unpaired) electrons. The van der Waals surface area contributed by atoms with Crippen molar-refractivity contribution < 1.29 is 4.79 Å². The Morgan fingerprint density at radius 3 is 3.15 bits per heavy atom. The number of rotatable bonds is 1. The summed E-state index contributed by atoms with van der Waals surface area (Å²) >= 11 is 0. The Morgan fingerprint density at radius 1 is 1.69 bits per heavy atom. The zero-order valence-electron chi connectivity index (χ0n) is 7.50. The highest BCUT2D eigenvalue weighted by Crippen LogP contribution is 2.14. The molecule has 5 heteroatoms. The molecule has 0 aliphatic carbocycles. The second kappa shape index (κ2) is 2.85. The summed E-state index contributed by atoms with van der Waals surface area (Å²) in [7, 11) is 0. The average Bonchev–Trinajstić information content (AvgIpc) is 2.39. The molecule has 0 fully saturated rings. The molecular weight excluding hydrogens is 168 g/mol. The van der Waals surface area contributed by atoms with Crippen LogP contribution in [0.15, 0.2) is 0 Å². The van der Waals surface area contributed by atoms with Gasteiger partial charge in [0.2, 0.25) is 0 Å². The lowest BCUT2D eigenvalue weighted by Crippen LogP contribution is -2.30. The summed E-state index contributed by atoms with van der Waals surface area (Å²) in [6.07, 6.45) is 0. The Kier molecular flexibility index (Phi) is 1.81. The van der Waals surface area contributed by atoms with Crippen LogP contribution in [0.1, 0.15) is 21.7 Å². The fourth-order valence-corrected chi connectivity index (χ4v) is 1.71. The second-order valence-corrected chi connectivity index (χ2v) is 3.17. The molecule has 13 heavy (non-hydrogen) atoms. The number of nitrogens with zero attached hydrogens (tertiary/aromatic N) is 2. The van der Waals surface area contributed by atoms with Crippen molar-refractivity contribution in [1.29, 1.82) is 0 Å². The monoisotopic (exact) mass is 180 g/mol. The van der Waals surface area contributed by atoms with Gasteiger partial charge >= 0.3 is 0 Å². The minimum Gasteiger partial charge on any atom is -0.365 e. The summed E-state index contributed by atoms with van der Waals surface area (Å²) < 4.78 is 1.85. The molecule has 3 N–H and O–H groups in total. The topological polar surface area (TPSA) is 72.9 Å². The number of aromatic nitrogens is 2. The van der Waals surface area contributed by atoms with Crippen LogP contribution in [-0.2, 0) is 13.1 Å². The van der Waals surface area contributed by atoms with Crippen LogP contribution in [0.25, 0.3) is 0 Å². The van der Waals surface area contributed by atoms with Crippen molar-refractivity contribution in [3.63, 3.8) is 0 Å². The number of aryl methyl sites for hydroxylation is 1. The fourth-order valence-electron chi connectivity index (χ4n) is 1.71. The summed E-state index contributed by atoms with van der Waals surface area (Å²) in [4.78, 5) is 11.1. The first kappa shape index (κ1) is 8.25. The van der Waals surface area contributed by atoms with Gasteiger partial charge in [0.1, 0.15) is 0 Å². The van der Waals surface area contributed by atoms with Crippen molar-refractivity contribution in [3.8, 4) is 0 Å². The number of nitrogens with one attached hydrogen (secondary N) is 1. The van der Waals surface area contributed by atoms with Gasteiger partial charge < -0.3 is 11.1 Å². The molecule has 0 bridgehead atoms. The van der Waals surface area contributed by atoms with Gasteiger partial charge in [0.25, 0.3) is 5.91 Å². The molecule has 0 saturated heterocycles. The number of nitrogens with two attached hydrogens (primary N) is 1. The minimum atomic E-state index is -0.387. The maximum atomic E-state index is 11.1. The maximum absolute atomic E-state index is 11.1. The molecule has 0 spiro atoms. The Labute approximate surface area is 75.9 Å². The van der Waals surface area contributed by atoms with Gasteiger partial charge in [-0.05, 0) is 6.92 Å². The van der Waals surface area contributed by atoms with E-state index in [1.54, 1.807) is 0 Å². The Bertz CT molecular complexity index is 355. The minimum absolute atomic E-state index is 0.387. The molecule has 1 aliphatic rings. The summed E-state index contributed by atoms with van der Waals surface area (Å²) in [6.45, 7) is 4.19. The summed E-state index contributed by atoms with van der Waals surface area (Å²) in [6, 6.07) is 0. The number of hydrogen-bond acceptors (Lipinski definition) is 3. The fraction of sp³-hybridized carbons (Fsp3) is 0.500. The average molecular weight is 180 g/mol. The molecule has 70 valence electrons. The van der Waals surface area contributed by atoms with Crippen LogP contribution >= 0.6 is 0 Å². The second-order valence-electron chi connectivity index (χ2n) is 3.17. The van der Waals surface area contributed by atoms with Gasteiger partial charge in [-0.25, -0.2) is 0 Å². The van der Waals surface area contributed by atoms with Crippen LogP contribution in [0.5, 0.6) is 0 Å². The third kappa shape index (κ3) is 1.21. The lowest BCUT2D eigenvalue weighted by Gasteiger charge is -2.15. The maximum Gasteiger partial charge on any atom is 0.252 e. The molecule has 1 aromatic rings. The first-order valence-corrected chi connectivity index (χ1v) is 4.27. The van der Waals surface area contributed by atoms with E-state index < -0.39 is 0 Å². The molecular formula is C8H12N4O. The number of hydrogen-bond donors (Lipinski definition) is 2. The first-order valence-electron chi connectivity index (χ1n) is 4.27. The number of carbonyl (C=O) groups excluding carboxylic acids is 1. The normalized spacial score (nSPS) is 15.5. The molecule has 1 aliphatic heterocycles. The van der Waals surface area contributed by atoms with E-state index in [2.05, 4.69) is 10.4 Å². The molecule has 2 rings (SSSR count). The van der Waals surface area contributed by atoms with Crippen LogP contribution in [0, 0.1) is 6.92 Å². The van der Waals surface area contributed by atoms with E-state index in [1.165, 1.54) is 0 Å². The van der Waals surface area contributed by atoms with Crippen molar-refractivity contribution in [1.82, 2.24) is 15.1 Å². The number of amides is 1. The summed E-state index contributed by atoms with van der Waals surface area (Å²) in [5.74, 6) is -0.387. The van der Waals surface area contributed by atoms with Gasteiger partial charge in [0.05, 0.1) is 23.5 Å². The SMILES string of the molecule is Cc1nn2c(c1C(N)=O)CNCC2. The van der Waals surface area contributed by atoms with Gasteiger partial charge in [0, 0.05) is 13.1 Å². The van der Waals surface area contributed by atoms with Gasteiger partial charge in [-0.2, -0.15) is 5.10 Å². The van der Waals surface area contributed by atoms with Crippen molar-refractivity contribution in [2.45, 2.75) is 20.0 Å². The molecule has 2 heterocycles. The van der Waals surface area contributed by atoms with E-state index in [-0.39, 0.29) is 5.91 Å². The first-order chi connectivity index (χ1) is 6.20. The predicted octanol–water partition coefficient (Wildman–Crippen LogP) is -0.606. The molecule has 1 amide bonds. The van der Waals surface area contributed by atoms with Gasteiger partial charge in [-0.1, -0.05) is 0 Å². The third-order valence-corrected chi connectivity index (χ3v) is 2.27. The van der Waals surface area contributed by atoms with E-state index in [4.69, 9.17) is 5.73 Å². The summed E-state index contributed by atoms with van der Waals surface area (Å²) in [5, 5.41) is 7.43. The molecule has 0 atom stereocenters. The van der Waals surface area contributed by atoms with E-state index in [0.717, 1.165) is 24.5 Å². The van der Waals surface area contributed by atoms with Crippen LogP contribution in [-0.4, -0.2) is 22.2 Å². The van der Waals surface area contributed by atoms with E-state index in [9.17, 15) is 4.79 Å². The largest absolute Gasteiger partial charge is 0.365 e. The highest BCUT2D eigenvalue weighted by molar-refractivity contribution is 5.95. The van der Waals surface area contributed by atoms with E-state index in [0.29, 0.717) is 12.1 Å². The van der Waals surface area contributed by atoms with Crippen molar-refractivity contribution in [2.24, 2.45) is 5.73 Å². The Hall–Kier alpha value is -1.36. The van der Waals surface area contributed by atoms with Crippen molar-refractivity contribution >= 4 is 5.91 Å². The molecule has 0 aromatic carbocycles. The van der Waals surface area contributed by atoms with Crippen molar-refractivity contribution in [3.05, 3.63) is 17.0 Å². The number of carbonyl (C=O) groups is 1. The standard InChI is InChI=1S/C8H12N4O/c1-5-7(8(9)13)6-4-10-2-3-12(6)11-5/h10H,2-4H2,1H3,(H2,9,13). The van der Waals surface area contributed by atoms with Crippen LogP contribution in [0.3, 0.4) is 0 Å². The Morgan fingerprint density at radius 2 is 2.46 bits per heavy atom. The quantitative estimate of drug-likeness (QED) is 0.605. The van der Waals surface area contributed by atoms with Crippen LogP contribution in [0.2, 0.25) is 0 Å². The van der Waals surface area contributed by atoms with Crippen LogP contribution < -0.4 is 11.1 Å². The summed E-state index contributed by atoms with van der Waals surface area (Å²) in [5.41, 5.74) is 7.48. The lowest BCUT2D eigenvalue weighted by atomic mass is 10.1. The zero-order chi connectivity index (χ0) is 9.42. The molecule has 0 saturated carbocycles. The van der Waals surface area contributed by atoms with Crippen LogP contribution in [0.4, 0.5) is 0 Å².